The van der Waals surface area contributed by atoms with Crippen molar-refractivity contribution in [2.24, 2.45) is 0 Å². The molecule has 6 heteroatoms. The van der Waals surface area contributed by atoms with E-state index in [0.717, 1.165) is 19.3 Å². The van der Waals surface area contributed by atoms with Crippen molar-refractivity contribution in [3.63, 3.8) is 0 Å². The van der Waals surface area contributed by atoms with Crippen LogP contribution < -0.4 is 0 Å². The SMILES string of the molecule is C=CCCC(=O)N1[C@@H](CO[Si](C)(C)C(C)(C)C)CC[C@@H]1CO[Si](C)(C)C(C)(C)C. The van der Waals surface area contributed by atoms with E-state index in [1.165, 1.54) is 0 Å². The average molecular weight is 442 g/mol. The fourth-order valence-electron chi connectivity index (χ4n) is 3.09. The summed E-state index contributed by atoms with van der Waals surface area (Å²) in [5.74, 6) is 0.218. The third-order valence-corrected chi connectivity index (χ3v) is 16.4. The number of hydrogen-bond acceptors (Lipinski definition) is 3. The summed E-state index contributed by atoms with van der Waals surface area (Å²) < 4.78 is 13.0. The van der Waals surface area contributed by atoms with Gasteiger partial charge < -0.3 is 13.8 Å². The molecule has 0 saturated carbocycles. The topological polar surface area (TPSA) is 38.8 Å². The molecular formula is C23H47NO3Si2. The van der Waals surface area contributed by atoms with E-state index < -0.39 is 16.6 Å². The van der Waals surface area contributed by atoms with Crippen molar-refractivity contribution in [1.82, 2.24) is 4.90 Å². The van der Waals surface area contributed by atoms with Crippen LogP contribution in [0, 0.1) is 0 Å². The lowest BCUT2D eigenvalue weighted by atomic mass is 10.2. The van der Waals surface area contributed by atoms with Crippen LogP contribution in [0.4, 0.5) is 0 Å². The van der Waals surface area contributed by atoms with Gasteiger partial charge in [-0.3, -0.25) is 4.79 Å². The molecule has 0 N–H and O–H groups in total. The third-order valence-electron chi connectivity index (χ3n) is 7.36. The van der Waals surface area contributed by atoms with Crippen molar-refractivity contribution >= 4 is 22.5 Å². The predicted molar refractivity (Wildman–Crippen MR) is 129 cm³/mol. The highest BCUT2D eigenvalue weighted by molar-refractivity contribution is 6.74. The predicted octanol–water partition coefficient (Wildman–Crippen LogP) is 6.36. The minimum Gasteiger partial charge on any atom is -0.415 e. The van der Waals surface area contributed by atoms with Gasteiger partial charge in [0.2, 0.25) is 5.91 Å². The molecule has 29 heavy (non-hydrogen) atoms. The Balaban J connectivity index is 2.90. The Labute approximate surface area is 182 Å². The number of carbonyl (C=O) groups excluding carboxylic acids is 1. The third kappa shape index (κ3) is 7.05. The first-order valence-corrected chi connectivity index (χ1v) is 17.0. The summed E-state index contributed by atoms with van der Waals surface area (Å²) in [6.45, 7) is 27.8. The molecular weight excluding hydrogens is 394 g/mol. The van der Waals surface area contributed by atoms with E-state index in [1.54, 1.807) is 0 Å². The molecule has 2 atom stereocenters. The summed E-state index contributed by atoms with van der Waals surface area (Å²) in [6, 6.07) is 0.323. The second-order valence-corrected chi connectivity index (χ2v) is 21.3. The number of carbonyl (C=O) groups is 1. The van der Waals surface area contributed by atoms with Crippen molar-refractivity contribution in [2.75, 3.05) is 13.2 Å². The molecule has 1 amide bonds. The smallest absolute Gasteiger partial charge is 0.223 e. The molecule has 0 aliphatic carbocycles. The van der Waals surface area contributed by atoms with E-state index in [9.17, 15) is 4.79 Å². The van der Waals surface area contributed by atoms with Gasteiger partial charge >= 0.3 is 0 Å². The van der Waals surface area contributed by atoms with Crippen LogP contribution in [-0.2, 0) is 13.6 Å². The van der Waals surface area contributed by atoms with E-state index >= 15 is 0 Å². The highest BCUT2D eigenvalue weighted by Crippen LogP contribution is 2.39. The Hall–Kier alpha value is -0.436. The van der Waals surface area contributed by atoms with E-state index in [4.69, 9.17) is 8.85 Å². The largest absolute Gasteiger partial charge is 0.415 e. The Kier molecular flexibility index (Phi) is 8.98. The maximum atomic E-state index is 13.1. The van der Waals surface area contributed by atoms with E-state index in [-0.39, 0.29) is 28.1 Å². The van der Waals surface area contributed by atoms with Gasteiger partial charge in [0.25, 0.3) is 0 Å². The lowest BCUT2D eigenvalue weighted by molar-refractivity contribution is -0.135. The average Bonchev–Trinajstić information content (AvgIpc) is 2.97. The Morgan fingerprint density at radius 1 is 0.931 bits per heavy atom. The van der Waals surface area contributed by atoms with Crippen LogP contribution in [0.3, 0.4) is 0 Å². The van der Waals surface area contributed by atoms with Gasteiger partial charge in [-0.15, -0.1) is 6.58 Å². The van der Waals surface area contributed by atoms with Crippen molar-refractivity contribution in [3.05, 3.63) is 12.7 Å². The summed E-state index contributed by atoms with van der Waals surface area (Å²) in [7, 11) is -3.67. The molecule has 1 aliphatic heterocycles. The zero-order valence-corrected chi connectivity index (χ0v) is 22.9. The number of nitrogens with zero attached hydrogens (tertiary/aromatic N) is 1. The normalized spacial score (nSPS) is 21.5. The highest BCUT2D eigenvalue weighted by Gasteiger charge is 2.43. The molecule has 1 heterocycles. The van der Waals surface area contributed by atoms with E-state index in [2.05, 4.69) is 79.2 Å². The second kappa shape index (κ2) is 9.79. The lowest BCUT2D eigenvalue weighted by Crippen LogP contribution is -2.50. The van der Waals surface area contributed by atoms with Crippen molar-refractivity contribution in [3.8, 4) is 0 Å². The van der Waals surface area contributed by atoms with Gasteiger partial charge in [0.15, 0.2) is 16.6 Å². The van der Waals surface area contributed by atoms with Crippen LogP contribution in [0.1, 0.15) is 67.2 Å². The minimum atomic E-state index is -1.84. The Morgan fingerprint density at radius 2 is 1.31 bits per heavy atom. The van der Waals surface area contributed by atoms with Crippen LogP contribution in [0.25, 0.3) is 0 Å². The number of likely N-dealkylation sites (tertiary alicyclic amines) is 1. The molecule has 4 nitrogen and oxygen atoms in total. The van der Waals surface area contributed by atoms with Crippen LogP contribution in [-0.4, -0.2) is 52.7 Å². The molecule has 0 radical (unpaired) electrons. The fraction of sp³-hybridized carbons (Fsp3) is 0.870. The molecule has 0 bridgehead atoms. The molecule has 0 aromatic carbocycles. The molecule has 0 spiro atoms. The number of amides is 1. The molecule has 1 fully saturated rings. The van der Waals surface area contributed by atoms with Crippen molar-refractivity contribution < 1.29 is 13.6 Å². The summed E-state index contributed by atoms with van der Waals surface area (Å²) in [6.07, 6.45) is 5.08. The van der Waals surface area contributed by atoms with Crippen LogP contribution >= 0.6 is 0 Å². The molecule has 0 unspecified atom stereocenters. The lowest BCUT2D eigenvalue weighted by Gasteiger charge is -2.40. The van der Waals surface area contributed by atoms with Crippen molar-refractivity contribution in [2.45, 2.75) is 116 Å². The first-order chi connectivity index (χ1) is 13.0. The number of rotatable bonds is 9. The number of hydrogen-bond donors (Lipinski definition) is 0. The monoisotopic (exact) mass is 441 g/mol. The first-order valence-electron chi connectivity index (χ1n) is 11.2. The second-order valence-electron chi connectivity index (χ2n) is 11.7. The Morgan fingerprint density at radius 3 is 1.62 bits per heavy atom. The van der Waals surface area contributed by atoms with E-state index in [0.29, 0.717) is 19.6 Å². The summed E-state index contributed by atoms with van der Waals surface area (Å²) >= 11 is 0. The van der Waals surface area contributed by atoms with E-state index in [1.807, 2.05) is 6.08 Å². The van der Waals surface area contributed by atoms with Gasteiger partial charge in [-0.05, 0) is 55.5 Å². The molecule has 170 valence electrons. The Bertz CT molecular complexity index is 523. The van der Waals surface area contributed by atoms with Gasteiger partial charge in [-0.25, -0.2) is 0 Å². The highest BCUT2D eigenvalue weighted by atomic mass is 28.4. The zero-order valence-electron chi connectivity index (χ0n) is 20.9. The van der Waals surface area contributed by atoms with Gasteiger partial charge in [0.05, 0.1) is 25.3 Å². The number of allylic oxidation sites excluding steroid dienone is 1. The maximum Gasteiger partial charge on any atom is 0.223 e. The molecule has 0 aromatic rings. The molecule has 1 aliphatic rings. The maximum absolute atomic E-state index is 13.1. The van der Waals surface area contributed by atoms with Gasteiger partial charge in [-0.1, -0.05) is 47.6 Å². The summed E-state index contributed by atoms with van der Waals surface area (Å²) in [5, 5.41) is 0.349. The molecule has 0 aromatic heterocycles. The van der Waals surface area contributed by atoms with Gasteiger partial charge in [-0.2, -0.15) is 0 Å². The van der Waals surface area contributed by atoms with Crippen molar-refractivity contribution in [1.29, 1.82) is 0 Å². The van der Waals surface area contributed by atoms with Crippen LogP contribution in [0.15, 0.2) is 12.7 Å². The quantitative estimate of drug-likeness (QED) is 0.309. The van der Waals surface area contributed by atoms with Gasteiger partial charge in [0.1, 0.15) is 0 Å². The van der Waals surface area contributed by atoms with Crippen LogP contribution in [0.5, 0.6) is 0 Å². The molecule has 1 saturated heterocycles. The first kappa shape index (κ1) is 26.6. The van der Waals surface area contributed by atoms with Crippen LogP contribution in [0.2, 0.25) is 36.3 Å². The minimum absolute atomic E-state index is 0.162. The fourth-order valence-corrected chi connectivity index (χ4v) is 5.18. The summed E-state index contributed by atoms with van der Waals surface area (Å²) in [4.78, 5) is 15.2. The standard InChI is InChI=1S/C23H47NO3Si2/c1-12-13-14-21(25)24-19(17-26-28(8,9)22(2,3)4)15-16-20(24)18-27-29(10,11)23(5,6)7/h12,19-20H,1,13-18H2,2-11H3/t19-,20-/m1/s1. The summed E-state index contributed by atoms with van der Waals surface area (Å²) in [5.41, 5.74) is 0. The van der Waals surface area contributed by atoms with Gasteiger partial charge in [0, 0.05) is 6.42 Å². The molecule has 1 rings (SSSR count). The zero-order chi connectivity index (χ0) is 22.7.